The molecule has 2 aliphatic heterocycles. The molecule has 6 heteroatoms. The molecule has 0 bridgehead atoms. The molecule has 2 amide bonds. The highest BCUT2D eigenvalue weighted by atomic mass is 16.7. The molecule has 126 valence electrons. The number of ether oxygens (including phenoxy) is 3. The van der Waals surface area contributed by atoms with E-state index in [1.807, 2.05) is 18.2 Å². The summed E-state index contributed by atoms with van der Waals surface area (Å²) < 4.78 is 16.3. The molecule has 3 rings (SSSR count). The lowest BCUT2D eigenvalue weighted by Gasteiger charge is -2.22. The Labute approximate surface area is 136 Å². The summed E-state index contributed by atoms with van der Waals surface area (Å²) in [5.74, 6) is 1.49. The number of amides is 2. The Morgan fingerprint density at radius 2 is 2.09 bits per heavy atom. The van der Waals surface area contributed by atoms with Gasteiger partial charge in [0.2, 0.25) is 6.79 Å². The summed E-state index contributed by atoms with van der Waals surface area (Å²) in [6.45, 7) is 2.28. The number of carbonyl (C=O) groups is 1. The van der Waals surface area contributed by atoms with Gasteiger partial charge in [0, 0.05) is 19.7 Å². The maximum absolute atomic E-state index is 11.8. The maximum atomic E-state index is 11.8. The Morgan fingerprint density at radius 1 is 1.17 bits per heavy atom. The maximum Gasteiger partial charge on any atom is 0.315 e. The standard InChI is InChI=1S/C17H24N2O4/c20-17(18-8-3-5-14-4-1-2-9-21-14)19-11-13-6-7-15-16(10-13)23-12-22-15/h6-7,10,14H,1-5,8-9,11-12H2,(H2,18,19,20)/t14-/m0/s1. The van der Waals surface area contributed by atoms with Crippen LogP contribution in [-0.2, 0) is 11.3 Å². The summed E-state index contributed by atoms with van der Waals surface area (Å²) >= 11 is 0. The lowest BCUT2D eigenvalue weighted by Crippen LogP contribution is -2.35. The summed E-state index contributed by atoms with van der Waals surface area (Å²) in [6.07, 6.45) is 5.92. The molecule has 1 atom stereocenters. The Hall–Kier alpha value is -1.95. The molecule has 2 N–H and O–H groups in total. The van der Waals surface area contributed by atoms with Crippen LogP contribution in [0.3, 0.4) is 0 Å². The van der Waals surface area contributed by atoms with E-state index in [9.17, 15) is 4.79 Å². The largest absolute Gasteiger partial charge is 0.454 e. The van der Waals surface area contributed by atoms with Gasteiger partial charge in [-0.3, -0.25) is 0 Å². The monoisotopic (exact) mass is 320 g/mol. The average Bonchev–Trinajstić information content (AvgIpc) is 3.05. The molecule has 6 nitrogen and oxygen atoms in total. The molecular weight excluding hydrogens is 296 g/mol. The quantitative estimate of drug-likeness (QED) is 0.791. The number of nitrogens with one attached hydrogen (secondary N) is 2. The zero-order valence-corrected chi connectivity index (χ0v) is 13.3. The Kier molecular flexibility index (Phi) is 5.58. The molecular formula is C17H24N2O4. The third-order valence-corrected chi connectivity index (χ3v) is 4.15. The van der Waals surface area contributed by atoms with Gasteiger partial charge in [-0.25, -0.2) is 4.79 Å². The minimum absolute atomic E-state index is 0.146. The van der Waals surface area contributed by atoms with Crippen LogP contribution < -0.4 is 20.1 Å². The van der Waals surface area contributed by atoms with Crippen molar-refractivity contribution in [2.75, 3.05) is 19.9 Å². The number of hydrogen-bond acceptors (Lipinski definition) is 4. The third-order valence-electron chi connectivity index (χ3n) is 4.15. The number of urea groups is 1. The Morgan fingerprint density at radius 3 is 2.96 bits per heavy atom. The minimum Gasteiger partial charge on any atom is -0.454 e. The van der Waals surface area contributed by atoms with E-state index in [0.29, 0.717) is 19.2 Å². The van der Waals surface area contributed by atoms with Crippen LogP contribution in [-0.4, -0.2) is 32.1 Å². The molecule has 0 radical (unpaired) electrons. The average molecular weight is 320 g/mol. The van der Waals surface area contributed by atoms with Crippen molar-refractivity contribution in [2.24, 2.45) is 0 Å². The zero-order valence-electron chi connectivity index (χ0n) is 13.3. The molecule has 1 aromatic rings. The van der Waals surface area contributed by atoms with E-state index >= 15 is 0 Å². The van der Waals surface area contributed by atoms with Crippen LogP contribution in [0.5, 0.6) is 11.5 Å². The summed E-state index contributed by atoms with van der Waals surface area (Å²) in [5, 5.41) is 5.73. The van der Waals surface area contributed by atoms with Crippen LogP contribution in [0, 0.1) is 0 Å². The first-order chi connectivity index (χ1) is 11.3. The summed E-state index contributed by atoms with van der Waals surface area (Å²) in [5.41, 5.74) is 0.986. The Balaban J connectivity index is 1.30. The van der Waals surface area contributed by atoms with Crippen molar-refractivity contribution in [2.45, 2.75) is 44.8 Å². The van der Waals surface area contributed by atoms with Crippen molar-refractivity contribution >= 4 is 6.03 Å². The predicted octanol–water partition coefficient (Wildman–Crippen LogP) is 2.56. The highest BCUT2D eigenvalue weighted by Gasteiger charge is 2.14. The molecule has 2 aliphatic rings. The molecule has 1 aromatic carbocycles. The van der Waals surface area contributed by atoms with Gasteiger partial charge in [-0.05, 0) is 49.8 Å². The lowest BCUT2D eigenvalue weighted by molar-refractivity contribution is 0.0103. The zero-order chi connectivity index (χ0) is 15.9. The minimum atomic E-state index is -0.146. The fourth-order valence-corrected chi connectivity index (χ4v) is 2.86. The van der Waals surface area contributed by atoms with Crippen molar-refractivity contribution < 1.29 is 19.0 Å². The lowest BCUT2D eigenvalue weighted by atomic mass is 10.0. The second-order valence-corrected chi connectivity index (χ2v) is 5.93. The molecule has 1 fully saturated rings. The van der Waals surface area contributed by atoms with Crippen LogP contribution in [0.25, 0.3) is 0 Å². The number of rotatable bonds is 6. The number of hydrogen-bond donors (Lipinski definition) is 2. The van der Waals surface area contributed by atoms with Crippen molar-refractivity contribution in [3.05, 3.63) is 23.8 Å². The smallest absolute Gasteiger partial charge is 0.315 e. The van der Waals surface area contributed by atoms with E-state index in [4.69, 9.17) is 14.2 Å². The molecule has 0 saturated carbocycles. The van der Waals surface area contributed by atoms with E-state index < -0.39 is 0 Å². The molecule has 0 spiro atoms. The van der Waals surface area contributed by atoms with Crippen molar-refractivity contribution in [1.29, 1.82) is 0 Å². The van der Waals surface area contributed by atoms with Gasteiger partial charge >= 0.3 is 6.03 Å². The van der Waals surface area contributed by atoms with Gasteiger partial charge in [-0.15, -0.1) is 0 Å². The highest BCUT2D eigenvalue weighted by molar-refractivity contribution is 5.73. The fourth-order valence-electron chi connectivity index (χ4n) is 2.86. The second-order valence-electron chi connectivity index (χ2n) is 5.93. The van der Waals surface area contributed by atoms with Gasteiger partial charge in [0.25, 0.3) is 0 Å². The van der Waals surface area contributed by atoms with Gasteiger partial charge in [0.15, 0.2) is 11.5 Å². The van der Waals surface area contributed by atoms with Gasteiger partial charge in [-0.2, -0.15) is 0 Å². The first kappa shape index (κ1) is 15.9. The van der Waals surface area contributed by atoms with Gasteiger partial charge in [0.1, 0.15) is 0 Å². The predicted molar refractivity (Wildman–Crippen MR) is 85.6 cm³/mol. The van der Waals surface area contributed by atoms with E-state index in [1.165, 1.54) is 12.8 Å². The van der Waals surface area contributed by atoms with Crippen LogP contribution in [0.15, 0.2) is 18.2 Å². The van der Waals surface area contributed by atoms with E-state index in [2.05, 4.69) is 10.6 Å². The summed E-state index contributed by atoms with van der Waals surface area (Å²) in [6, 6.07) is 5.53. The van der Waals surface area contributed by atoms with E-state index in [-0.39, 0.29) is 12.8 Å². The summed E-state index contributed by atoms with van der Waals surface area (Å²) in [7, 11) is 0. The molecule has 23 heavy (non-hydrogen) atoms. The number of benzene rings is 1. The molecule has 2 heterocycles. The van der Waals surface area contributed by atoms with Crippen molar-refractivity contribution in [3.8, 4) is 11.5 Å². The molecule has 0 aliphatic carbocycles. The van der Waals surface area contributed by atoms with Crippen molar-refractivity contribution in [3.63, 3.8) is 0 Å². The van der Waals surface area contributed by atoms with Crippen LogP contribution in [0.1, 0.15) is 37.7 Å². The highest BCUT2D eigenvalue weighted by Crippen LogP contribution is 2.32. The molecule has 1 saturated heterocycles. The van der Waals surface area contributed by atoms with E-state index in [0.717, 1.165) is 42.9 Å². The van der Waals surface area contributed by atoms with Crippen molar-refractivity contribution in [1.82, 2.24) is 10.6 Å². The topological polar surface area (TPSA) is 68.8 Å². The van der Waals surface area contributed by atoms with E-state index in [1.54, 1.807) is 0 Å². The van der Waals surface area contributed by atoms with Crippen LogP contribution in [0.2, 0.25) is 0 Å². The first-order valence-electron chi connectivity index (χ1n) is 8.33. The first-order valence-corrected chi connectivity index (χ1v) is 8.33. The molecule has 0 unspecified atom stereocenters. The Bertz CT molecular complexity index is 529. The van der Waals surface area contributed by atoms with Gasteiger partial charge in [0.05, 0.1) is 6.10 Å². The van der Waals surface area contributed by atoms with Crippen LogP contribution >= 0.6 is 0 Å². The number of fused-ring (bicyclic) bond motifs is 1. The third kappa shape index (κ3) is 4.76. The SMILES string of the molecule is O=C(NCCC[C@@H]1CCCCO1)NCc1ccc2c(c1)OCO2. The van der Waals surface area contributed by atoms with Crippen LogP contribution in [0.4, 0.5) is 4.79 Å². The fraction of sp³-hybridized carbons (Fsp3) is 0.588. The molecule has 0 aromatic heterocycles. The number of carbonyl (C=O) groups excluding carboxylic acids is 1. The van der Waals surface area contributed by atoms with Gasteiger partial charge < -0.3 is 24.8 Å². The normalized spacial score (nSPS) is 19.4. The van der Waals surface area contributed by atoms with Gasteiger partial charge in [-0.1, -0.05) is 6.07 Å². The second kappa shape index (κ2) is 8.06. The summed E-state index contributed by atoms with van der Waals surface area (Å²) in [4.78, 5) is 11.8.